The van der Waals surface area contributed by atoms with Gasteiger partial charge in [0.1, 0.15) is 5.76 Å². The lowest BCUT2D eigenvalue weighted by molar-refractivity contribution is -0.157. The summed E-state index contributed by atoms with van der Waals surface area (Å²) in [5.74, 6) is -2.26. The third-order valence-corrected chi connectivity index (χ3v) is 4.31. The molecule has 1 fully saturated rings. The SMILES string of the molecule is C[C@]12CCCN1N(Cc1cccc(F)c1F)C(=O)C=C2O. The number of hydrogen-bond acceptors (Lipinski definition) is 3. The lowest BCUT2D eigenvalue weighted by atomic mass is 9.95. The zero-order valence-electron chi connectivity index (χ0n) is 11.6. The minimum atomic E-state index is -0.940. The fourth-order valence-electron chi connectivity index (χ4n) is 3.06. The second-order valence-electron chi connectivity index (χ2n) is 5.64. The Morgan fingerprint density at radius 3 is 2.90 bits per heavy atom. The average Bonchev–Trinajstić information content (AvgIpc) is 2.83. The Morgan fingerprint density at radius 2 is 2.14 bits per heavy atom. The van der Waals surface area contributed by atoms with E-state index < -0.39 is 23.1 Å². The highest BCUT2D eigenvalue weighted by Gasteiger charge is 2.47. The molecular weight excluding hydrogens is 278 g/mol. The van der Waals surface area contributed by atoms with E-state index in [0.29, 0.717) is 13.0 Å². The van der Waals surface area contributed by atoms with Crippen LogP contribution in [0.1, 0.15) is 25.3 Å². The molecule has 0 radical (unpaired) electrons. The van der Waals surface area contributed by atoms with Gasteiger partial charge in [-0.3, -0.25) is 9.80 Å². The molecule has 4 nitrogen and oxygen atoms in total. The van der Waals surface area contributed by atoms with Crippen LogP contribution in [0.4, 0.5) is 8.78 Å². The van der Waals surface area contributed by atoms with E-state index >= 15 is 0 Å². The molecule has 1 saturated heterocycles. The monoisotopic (exact) mass is 294 g/mol. The van der Waals surface area contributed by atoms with Crippen molar-refractivity contribution in [3.63, 3.8) is 0 Å². The number of nitrogens with zero attached hydrogens (tertiary/aromatic N) is 2. The summed E-state index contributed by atoms with van der Waals surface area (Å²) in [6, 6.07) is 3.92. The smallest absolute Gasteiger partial charge is 0.264 e. The second kappa shape index (κ2) is 4.80. The third kappa shape index (κ3) is 2.10. The van der Waals surface area contributed by atoms with Gasteiger partial charge in [-0.05, 0) is 25.8 Å². The first-order valence-corrected chi connectivity index (χ1v) is 6.86. The lowest BCUT2D eigenvalue weighted by Crippen LogP contribution is -2.57. The van der Waals surface area contributed by atoms with Gasteiger partial charge >= 0.3 is 0 Å². The van der Waals surface area contributed by atoms with Crippen molar-refractivity contribution in [1.82, 2.24) is 10.0 Å². The summed E-state index contributed by atoms with van der Waals surface area (Å²) in [6.45, 7) is 2.38. The number of amides is 1. The number of aliphatic hydroxyl groups excluding tert-OH is 1. The van der Waals surface area contributed by atoms with Crippen molar-refractivity contribution in [3.8, 4) is 0 Å². The maximum absolute atomic E-state index is 13.8. The Labute approximate surface area is 121 Å². The Morgan fingerprint density at radius 1 is 1.38 bits per heavy atom. The van der Waals surface area contributed by atoms with Gasteiger partial charge < -0.3 is 5.11 Å². The van der Waals surface area contributed by atoms with Crippen molar-refractivity contribution in [2.45, 2.75) is 31.8 Å². The molecule has 0 saturated carbocycles. The molecule has 1 atom stereocenters. The number of carbonyl (C=O) groups is 1. The second-order valence-corrected chi connectivity index (χ2v) is 5.64. The van der Waals surface area contributed by atoms with Crippen LogP contribution in [0.15, 0.2) is 30.0 Å². The van der Waals surface area contributed by atoms with E-state index in [1.54, 1.807) is 5.01 Å². The van der Waals surface area contributed by atoms with Gasteiger partial charge in [-0.1, -0.05) is 12.1 Å². The van der Waals surface area contributed by atoms with Crippen LogP contribution >= 0.6 is 0 Å². The molecule has 1 aromatic rings. The van der Waals surface area contributed by atoms with Gasteiger partial charge in [0.2, 0.25) is 0 Å². The maximum atomic E-state index is 13.8. The third-order valence-electron chi connectivity index (χ3n) is 4.31. The highest BCUT2D eigenvalue weighted by molar-refractivity contribution is 5.89. The number of rotatable bonds is 2. The molecule has 1 N–H and O–H groups in total. The van der Waals surface area contributed by atoms with E-state index in [9.17, 15) is 18.7 Å². The minimum absolute atomic E-state index is 0.0287. The quantitative estimate of drug-likeness (QED) is 0.911. The molecule has 2 aliphatic rings. The fraction of sp³-hybridized carbons (Fsp3) is 0.400. The average molecular weight is 294 g/mol. The minimum Gasteiger partial charge on any atom is -0.510 e. The number of carbonyl (C=O) groups excluding carboxylic acids is 1. The van der Waals surface area contributed by atoms with Crippen LogP contribution in [0.2, 0.25) is 0 Å². The Hall–Kier alpha value is -1.95. The van der Waals surface area contributed by atoms with E-state index in [2.05, 4.69) is 0 Å². The molecule has 2 aliphatic heterocycles. The zero-order valence-corrected chi connectivity index (χ0v) is 11.6. The van der Waals surface area contributed by atoms with E-state index in [1.807, 2.05) is 6.92 Å². The summed E-state index contributed by atoms with van der Waals surface area (Å²) in [6.07, 6.45) is 2.70. The molecule has 2 heterocycles. The van der Waals surface area contributed by atoms with Crippen molar-refractivity contribution >= 4 is 5.91 Å². The molecular formula is C15H16F2N2O2. The van der Waals surface area contributed by atoms with Crippen LogP contribution < -0.4 is 0 Å². The van der Waals surface area contributed by atoms with Gasteiger partial charge in [0.15, 0.2) is 11.6 Å². The van der Waals surface area contributed by atoms with Crippen molar-refractivity contribution < 1.29 is 18.7 Å². The van der Waals surface area contributed by atoms with Crippen LogP contribution in [0.5, 0.6) is 0 Å². The first kappa shape index (κ1) is 14.0. The summed E-state index contributed by atoms with van der Waals surface area (Å²) in [4.78, 5) is 12.1. The number of hydrazine groups is 1. The summed E-state index contributed by atoms with van der Waals surface area (Å²) in [5.41, 5.74) is -0.523. The van der Waals surface area contributed by atoms with Crippen LogP contribution in [0.25, 0.3) is 0 Å². The molecule has 0 aliphatic carbocycles. The summed E-state index contributed by atoms with van der Waals surface area (Å²) in [7, 11) is 0. The molecule has 6 heteroatoms. The van der Waals surface area contributed by atoms with E-state index in [0.717, 1.165) is 12.5 Å². The number of hydrogen-bond donors (Lipinski definition) is 1. The molecule has 0 bridgehead atoms. The predicted octanol–water partition coefficient (Wildman–Crippen LogP) is 2.52. The van der Waals surface area contributed by atoms with Crippen LogP contribution in [0, 0.1) is 11.6 Å². The van der Waals surface area contributed by atoms with Gasteiger partial charge in [-0.15, -0.1) is 0 Å². The summed E-state index contributed by atoms with van der Waals surface area (Å²) in [5, 5.41) is 13.2. The van der Waals surface area contributed by atoms with Gasteiger partial charge in [-0.2, -0.15) is 0 Å². The van der Waals surface area contributed by atoms with Gasteiger partial charge in [-0.25, -0.2) is 13.8 Å². The van der Waals surface area contributed by atoms with Crippen molar-refractivity contribution in [2.75, 3.05) is 6.54 Å². The first-order valence-electron chi connectivity index (χ1n) is 6.86. The molecule has 1 amide bonds. The molecule has 0 aromatic heterocycles. The predicted molar refractivity (Wildman–Crippen MR) is 72.0 cm³/mol. The van der Waals surface area contributed by atoms with Crippen molar-refractivity contribution in [2.24, 2.45) is 0 Å². The summed E-state index contributed by atoms with van der Waals surface area (Å²) >= 11 is 0. The molecule has 0 unspecified atom stereocenters. The highest BCUT2D eigenvalue weighted by Crippen LogP contribution is 2.39. The standard InChI is InChI=1S/C15H16F2N2O2/c1-15-6-3-7-19(15)18(13(21)8-12(15)20)9-10-4-2-5-11(16)14(10)17/h2,4-5,8,20H,3,6-7,9H2,1H3/t15-/m1/s1. The molecule has 1 aromatic carbocycles. The lowest BCUT2D eigenvalue weighted by Gasteiger charge is -2.44. The number of benzene rings is 1. The normalized spacial score (nSPS) is 26.0. The van der Waals surface area contributed by atoms with E-state index in [4.69, 9.17) is 0 Å². The largest absolute Gasteiger partial charge is 0.510 e. The van der Waals surface area contributed by atoms with Crippen molar-refractivity contribution in [3.05, 3.63) is 47.2 Å². The summed E-state index contributed by atoms with van der Waals surface area (Å²) < 4.78 is 27.1. The fourth-order valence-corrected chi connectivity index (χ4v) is 3.06. The van der Waals surface area contributed by atoms with Crippen LogP contribution in [0.3, 0.4) is 0 Å². The Bertz CT molecular complexity index is 632. The van der Waals surface area contributed by atoms with Gasteiger partial charge in [0.25, 0.3) is 5.91 Å². The highest BCUT2D eigenvalue weighted by atomic mass is 19.2. The molecule has 112 valence electrons. The zero-order chi connectivity index (χ0) is 15.2. The van der Waals surface area contributed by atoms with E-state index in [1.165, 1.54) is 23.2 Å². The van der Waals surface area contributed by atoms with Crippen LogP contribution in [-0.4, -0.2) is 33.1 Å². The first-order chi connectivity index (χ1) is 9.93. The van der Waals surface area contributed by atoms with Gasteiger partial charge in [0, 0.05) is 18.2 Å². The van der Waals surface area contributed by atoms with Crippen molar-refractivity contribution in [1.29, 1.82) is 0 Å². The molecule has 3 rings (SSSR count). The Balaban J connectivity index is 1.95. The van der Waals surface area contributed by atoms with Crippen LogP contribution in [-0.2, 0) is 11.3 Å². The molecule has 21 heavy (non-hydrogen) atoms. The molecule has 0 spiro atoms. The van der Waals surface area contributed by atoms with E-state index in [-0.39, 0.29) is 17.9 Å². The maximum Gasteiger partial charge on any atom is 0.264 e. The van der Waals surface area contributed by atoms with Gasteiger partial charge in [0.05, 0.1) is 12.1 Å². The number of fused-ring (bicyclic) bond motifs is 1. The topological polar surface area (TPSA) is 43.8 Å². The number of halogens is 2. The number of aliphatic hydroxyl groups is 1. The Kier molecular flexibility index (Phi) is 3.20.